The zero-order chi connectivity index (χ0) is 10.3. The van der Waals surface area contributed by atoms with Gasteiger partial charge in [0.1, 0.15) is 0 Å². The normalized spacial score (nSPS) is 14.5. The van der Waals surface area contributed by atoms with Crippen molar-refractivity contribution in [1.29, 1.82) is 0 Å². The van der Waals surface area contributed by atoms with Crippen molar-refractivity contribution in [2.75, 3.05) is 21.3 Å². The summed E-state index contributed by atoms with van der Waals surface area (Å²) < 4.78 is 15.9. The van der Waals surface area contributed by atoms with Gasteiger partial charge in [-0.05, 0) is 12.8 Å². The van der Waals surface area contributed by atoms with Gasteiger partial charge in [-0.25, -0.2) is 0 Å². The molecule has 0 saturated heterocycles. The highest BCUT2D eigenvalue weighted by Crippen LogP contribution is 2.20. The molecule has 0 bridgehead atoms. The molecule has 0 aliphatic rings. The molecule has 0 heterocycles. The van der Waals surface area contributed by atoms with Crippen molar-refractivity contribution in [1.82, 2.24) is 0 Å². The van der Waals surface area contributed by atoms with Gasteiger partial charge in [-0.15, -0.1) is 0 Å². The molecule has 5 heteroatoms. The Hall–Kier alpha value is 0.577. The lowest BCUT2D eigenvalue weighted by Crippen LogP contribution is -2.43. The van der Waals surface area contributed by atoms with Gasteiger partial charge >= 0.3 is 8.80 Å². The molecule has 0 aromatic carbocycles. The number of rotatable bonds is 7. The standard InChI is InChI=1S/C8H19BrO3Si/c1-5-8(9)6-7-13(10-2,11-3)12-4/h8H,5-7H2,1-4H3. The summed E-state index contributed by atoms with van der Waals surface area (Å²) >= 11 is 3.57. The average molecular weight is 271 g/mol. The summed E-state index contributed by atoms with van der Waals surface area (Å²) in [6, 6.07) is 0.861. The van der Waals surface area contributed by atoms with Gasteiger partial charge < -0.3 is 13.3 Å². The molecule has 1 unspecified atom stereocenters. The predicted octanol–water partition coefficient (Wildman–Crippen LogP) is 2.43. The fraction of sp³-hybridized carbons (Fsp3) is 1.00. The van der Waals surface area contributed by atoms with E-state index in [4.69, 9.17) is 13.3 Å². The Morgan fingerprint density at radius 3 is 1.92 bits per heavy atom. The summed E-state index contributed by atoms with van der Waals surface area (Å²) in [5.41, 5.74) is 0. The molecule has 0 saturated carbocycles. The predicted molar refractivity (Wildman–Crippen MR) is 59.2 cm³/mol. The van der Waals surface area contributed by atoms with Gasteiger partial charge in [0.05, 0.1) is 0 Å². The van der Waals surface area contributed by atoms with Crippen LogP contribution in [0.15, 0.2) is 0 Å². The Morgan fingerprint density at radius 2 is 1.62 bits per heavy atom. The Kier molecular flexibility index (Phi) is 7.26. The molecule has 1 atom stereocenters. The highest BCUT2D eigenvalue weighted by atomic mass is 79.9. The van der Waals surface area contributed by atoms with E-state index < -0.39 is 8.80 Å². The second kappa shape index (κ2) is 6.95. The maximum atomic E-state index is 5.30. The zero-order valence-corrected chi connectivity index (χ0v) is 11.4. The van der Waals surface area contributed by atoms with Crippen LogP contribution in [-0.4, -0.2) is 35.0 Å². The molecular weight excluding hydrogens is 252 g/mol. The summed E-state index contributed by atoms with van der Waals surface area (Å²) in [4.78, 5) is 0.528. The average Bonchev–Trinajstić information content (AvgIpc) is 2.20. The van der Waals surface area contributed by atoms with Crippen LogP contribution in [0.1, 0.15) is 19.8 Å². The molecule has 0 aliphatic heterocycles. The van der Waals surface area contributed by atoms with E-state index in [0.717, 1.165) is 18.9 Å². The Labute approximate surface area is 90.3 Å². The smallest absolute Gasteiger partial charge is 0.377 e. The van der Waals surface area contributed by atoms with Crippen LogP contribution in [0.25, 0.3) is 0 Å². The third-order valence-corrected chi connectivity index (χ3v) is 6.01. The van der Waals surface area contributed by atoms with Crippen molar-refractivity contribution in [2.24, 2.45) is 0 Å². The Bertz CT molecular complexity index is 122. The first kappa shape index (κ1) is 13.6. The summed E-state index contributed by atoms with van der Waals surface area (Å²) in [5, 5.41) is 0. The van der Waals surface area contributed by atoms with Gasteiger partial charge in [0.2, 0.25) is 0 Å². The first-order chi connectivity index (χ1) is 6.14. The van der Waals surface area contributed by atoms with Crippen LogP contribution in [0, 0.1) is 0 Å². The van der Waals surface area contributed by atoms with Gasteiger partial charge in [-0.1, -0.05) is 22.9 Å². The molecule has 0 aliphatic carbocycles. The first-order valence-corrected chi connectivity index (χ1v) is 7.28. The van der Waals surface area contributed by atoms with E-state index >= 15 is 0 Å². The molecule has 0 N–H and O–H groups in total. The van der Waals surface area contributed by atoms with E-state index in [-0.39, 0.29) is 0 Å². The van der Waals surface area contributed by atoms with E-state index in [0.29, 0.717) is 4.83 Å². The van der Waals surface area contributed by atoms with Crippen LogP contribution in [0.2, 0.25) is 6.04 Å². The first-order valence-electron chi connectivity index (χ1n) is 4.43. The lowest BCUT2D eigenvalue weighted by molar-refractivity contribution is 0.123. The zero-order valence-electron chi connectivity index (χ0n) is 8.80. The number of halogens is 1. The SMILES string of the molecule is CCC(Br)CC[Si](OC)(OC)OC. The molecule has 13 heavy (non-hydrogen) atoms. The van der Waals surface area contributed by atoms with Crippen LogP contribution >= 0.6 is 15.9 Å². The highest BCUT2D eigenvalue weighted by molar-refractivity contribution is 9.09. The van der Waals surface area contributed by atoms with Crippen molar-refractivity contribution < 1.29 is 13.3 Å². The second-order valence-electron chi connectivity index (χ2n) is 2.84. The Morgan fingerprint density at radius 1 is 1.15 bits per heavy atom. The minimum atomic E-state index is -2.33. The number of hydrogen-bond acceptors (Lipinski definition) is 3. The number of hydrogen-bond donors (Lipinski definition) is 0. The third kappa shape index (κ3) is 4.55. The summed E-state index contributed by atoms with van der Waals surface area (Å²) in [6.07, 6.45) is 2.14. The quantitative estimate of drug-likeness (QED) is 0.526. The van der Waals surface area contributed by atoms with E-state index in [1.807, 2.05) is 0 Å². The molecule has 0 aromatic rings. The van der Waals surface area contributed by atoms with E-state index in [2.05, 4.69) is 22.9 Å². The van der Waals surface area contributed by atoms with Crippen molar-refractivity contribution in [3.63, 3.8) is 0 Å². The topological polar surface area (TPSA) is 27.7 Å². The van der Waals surface area contributed by atoms with Gasteiger partial charge in [0.15, 0.2) is 0 Å². The van der Waals surface area contributed by atoms with Crippen molar-refractivity contribution in [3.05, 3.63) is 0 Å². The lowest BCUT2D eigenvalue weighted by Gasteiger charge is -2.24. The van der Waals surface area contributed by atoms with E-state index in [9.17, 15) is 0 Å². The molecule has 0 spiro atoms. The maximum Gasteiger partial charge on any atom is 0.500 e. The second-order valence-corrected chi connectivity index (χ2v) is 7.23. The summed E-state index contributed by atoms with van der Waals surface area (Å²) in [6.45, 7) is 2.15. The van der Waals surface area contributed by atoms with Gasteiger partial charge in [-0.3, -0.25) is 0 Å². The minimum Gasteiger partial charge on any atom is -0.377 e. The largest absolute Gasteiger partial charge is 0.500 e. The highest BCUT2D eigenvalue weighted by Gasteiger charge is 2.37. The summed E-state index contributed by atoms with van der Waals surface area (Å²) in [7, 11) is 2.62. The van der Waals surface area contributed by atoms with Crippen LogP contribution in [-0.2, 0) is 13.3 Å². The maximum absolute atomic E-state index is 5.30. The molecule has 0 amide bonds. The third-order valence-electron chi connectivity index (χ3n) is 2.14. The number of alkyl halides is 1. The molecule has 3 nitrogen and oxygen atoms in total. The molecule has 80 valence electrons. The van der Waals surface area contributed by atoms with Crippen LogP contribution < -0.4 is 0 Å². The molecule has 0 rings (SSSR count). The van der Waals surface area contributed by atoms with Gasteiger partial charge in [-0.2, -0.15) is 0 Å². The lowest BCUT2D eigenvalue weighted by atomic mass is 10.3. The summed E-state index contributed by atoms with van der Waals surface area (Å²) in [5.74, 6) is 0. The van der Waals surface area contributed by atoms with Crippen molar-refractivity contribution in [2.45, 2.75) is 30.6 Å². The Balaban J connectivity index is 3.95. The van der Waals surface area contributed by atoms with Crippen LogP contribution in [0.5, 0.6) is 0 Å². The van der Waals surface area contributed by atoms with E-state index in [1.165, 1.54) is 0 Å². The van der Waals surface area contributed by atoms with Crippen molar-refractivity contribution >= 4 is 24.7 Å². The fourth-order valence-electron chi connectivity index (χ4n) is 1.09. The van der Waals surface area contributed by atoms with Crippen LogP contribution in [0.3, 0.4) is 0 Å². The molecular formula is C8H19BrO3Si. The molecule has 0 radical (unpaired) electrons. The monoisotopic (exact) mass is 270 g/mol. The fourth-order valence-corrected chi connectivity index (χ4v) is 3.56. The van der Waals surface area contributed by atoms with Crippen LogP contribution in [0.4, 0.5) is 0 Å². The van der Waals surface area contributed by atoms with Crippen molar-refractivity contribution in [3.8, 4) is 0 Å². The van der Waals surface area contributed by atoms with Gasteiger partial charge in [0.25, 0.3) is 0 Å². The molecule has 0 aromatic heterocycles. The van der Waals surface area contributed by atoms with E-state index in [1.54, 1.807) is 21.3 Å². The van der Waals surface area contributed by atoms with Gasteiger partial charge in [0, 0.05) is 32.2 Å². The minimum absolute atomic E-state index is 0.528. The molecule has 0 fully saturated rings.